The van der Waals surface area contributed by atoms with E-state index in [0.29, 0.717) is 17.5 Å². The summed E-state index contributed by atoms with van der Waals surface area (Å²) in [5.74, 6) is 1.62. The molecule has 6 nitrogen and oxygen atoms in total. The molecule has 0 aliphatic rings. The minimum Gasteiger partial charge on any atom is -0.485 e. The Kier molecular flexibility index (Phi) is 7.10. The topological polar surface area (TPSA) is 69.0 Å². The number of nitrogens with one attached hydrogen (secondary N) is 1. The lowest BCUT2D eigenvalue weighted by Gasteiger charge is -2.12. The van der Waals surface area contributed by atoms with Crippen LogP contribution in [-0.4, -0.2) is 26.4 Å². The van der Waals surface area contributed by atoms with Gasteiger partial charge in [-0.05, 0) is 36.4 Å². The highest BCUT2D eigenvalue weighted by Crippen LogP contribution is 2.26. The third-order valence-electron chi connectivity index (χ3n) is 5.29. The van der Waals surface area contributed by atoms with Gasteiger partial charge in [-0.2, -0.15) is 0 Å². The number of aryl methyl sites for hydroxylation is 2. The van der Waals surface area contributed by atoms with E-state index in [-0.39, 0.29) is 18.3 Å². The zero-order chi connectivity index (χ0) is 23.2. The Morgan fingerprint density at radius 1 is 1.06 bits per heavy atom. The summed E-state index contributed by atoms with van der Waals surface area (Å²) in [4.78, 5) is 12.6. The van der Waals surface area contributed by atoms with E-state index >= 15 is 0 Å². The number of thioether (sulfide) groups is 1. The van der Waals surface area contributed by atoms with Gasteiger partial charge >= 0.3 is 0 Å². The number of amides is 1. The zero-order valence-corrected chi connectivity index (χ0v) is 19.6. The first kappa shape index (κ1) is 22.6. The lowest BCUT2D eigenvalue weighted by atomic mass is 10.1. The number of rotatable bonds is 9. The summed E-state index contributed by atoms with van der Waals surface area (Å²) in [5.41, 5.74) is 2.94. The molecule has 4 rings (SSSR count). The molecule has 0 unspecified atom stereocenters. The molecule has 0 saturated carbocycles. The number of ether oxygens (including phenoxy) is 1. The fourth-order valence-electron chi connectivity index (χ4n) is 3.63. The smallest absolute Gasteiger partial charge is 0.234 e. The molecule has 0 atom stereocenters. The minimum absolute atomic E-state index is 0.0842. The van der Waals surface area contributed by atoms with Crippen LogP contribution in [-0.2, 0) is 17.9 Å². The van der Waals surface area contributed by atoms with Crippen molar-refractivity contribution in [3.05, 3.63) is 90.3 Å². The number of para-hydroxylation sites is 1. The predicted molar refractivity (Wildman–Crippen MR) is 134 cm³/mol. The molecule has 1 heterocycles. The molecule has 1 N–H and O–H groups in total. The molecule has 1 aromatic heterocycles. The molecule has 1 amide bonds. The van der Waals surface area contributed by atoms with E-state index < -0.39 is 0 Å². The predicted octanol–water partition coefficient (Wildman–Crippen LogP) is 5.54. The van der Waals surface area contributed by atoms with Gasteiger partial charge in [0.15, 0.2) is 11.0 Å². The van der Waals surface area contributed by atoms with Crippen molar-refractivity contribution in [1.82, 2.24) is 14.8 Å². The molecule has 0 bridgehead atoms. The van der Waals surface area contributed by atoms with Crippen LogP contribution in [0.5, 0.6) is 5.75 Å². The van der Waals surface area contributed by atoms with Crippen LogP contribution in [0.2, 0.25) is 0 Å². The van der Waals surface area contributed by atoms with Gasteiger partial charge in [0.05, 0.1) is 5.75 Å². The number of aromatic nitrogens is 3. The first-order valence-corrected chi connectivity index (χ1v) is 11.7. The van der Waals surface area contributed by atoms with Gasteiger partial charge in [0.25, 0.3) is 0 Å². The van der Waals surface area contributed by atoms with E-state index in [4.69, 9.17) is 4.74 Å². The summed E-state index contributed by atoms with van der Waals surface area (Å²) < 4.78 is 8.02. The zero-order valence-electron chi connectivity index (χ0n) is 18.7. The molecular weight excluding hydrogens is 432 g/mol. The SMILES string of the molecule is C=CCn1c(COc2cccc3ccccc23)nnc1SCC(=O)Nc1c(C)cccc1C. The van der Waals surface area contributed by atoms with E-state index in [2.05, 4.69) is 34.2 Å². The molecule has 33 heavy (non-hydrogen) atoms. The van der Waals surface area contributed by atoms with Crippen molar-refractivity contribution >= 4 is 34.1 Å². The van der Waals surface area contributed by atoms with Gasteiger partial charge < -0.3 is 10.1 Å². The van der Waals surface area contributed by atoms with Crippen molar-refractivity contribution in [3.8, 4) is 5.75 Å². The molecule has 7 heteroatoms. The Balaban J connectivity index is 1.44. The van der Waals surface area contributed by atoms with E-state index in [0.717, 1.165) is 33.3 Å². The van der Waals surface area contributed by atoms with Gasteiger partial charge in [-0.1, -0.05) is 72.4 Å². The second-order valence-electron chi connectivity index (χ2n) is 7.67. The normalized spacial score (nSPS) is 10.8. The number of carbonyl (C=O) groups excluding carboxylic acids is 1. The second kappa shape index (κ2) is 10.4. The molecule has 0 fully saturated rings. The van der Waals surface area contributed by atoms with E-state index in [1.54, 1.807) is 6.08 Å². The molecule has 0 radical (unpaired) electrons. The molecular formula is C26H26N4O2S. The number of fused-ring (bicyclic) bond motifs is 1. The van der Waals surface area contributed by atoms with Crippen LogP contribution in [0.25, 0.3) is 10.8 Å². The van der Waals surface area contributed by atoms with Gasteiger partial charge in [0.1, 0.15) is 12.4 Å². The third kappa shape index (κ3) is 5.26. The number of carbonyl (C=O) groups is 1. The number of nitrogens with zero attached hydrogens (tertiary/aromatic N) is 3. The van der Waals surface area contributed by atoms with Gasteiger partial charge in [0, 0.05) is 17.6 Å². The van der Waals surface area contributed by atoms with Crippen LogP contribution in [0.4, 0.5) is 5.69 Å². The number of hydrogen-bond acceptors (Lipinski definition) is 5. The standard InChI is InChI=1S/C26H26N4O2S/c1-4-15-30-23(16-32-22-14-8-12-20-11-5-6-13-21(20)22)28-29-26(30)33-17-24(31)27-25-18(2)9-7-10-19(25)3/h4-14H,1,15-17H2,2-3H3,(H,27,31). The van der Waals surface area contributed by atoms with Crippen LogP contribution < -0.4 is 10.1 Å². The maximum absolute atomic E-state index is 12.6. The minimum atomic E-state index is -0.0842. The summed E-state index contributed by atoms with van der Waals surface area (Å²) in [7, 11) is 0. The van der Waals surface area contributed by atoms with E-state index in [9.17, 15) is 4.79 Å². The maximum Gasteiger partial charge on any atom is 0.234 e. The van der Waals surface area contributed by atoms with Gasteiger partial charge in [-0.3, -0.25) is 9.36 Å². The van der Waals surface area contributed by atoms with Crippen LogP contribution in [0.3, 0.4) is 0 Å². The number of benzene rings is 3. The number of anilines is 1. The summed E-state index contributed by atoms with van der Waals surface area (Å²) in [6, 6.07) is 20.0. The van der Waals surface area contributed by atoms with Crippen molar-refractivity contribution in [2.45, 2.75) is 32.2 Å². The summed E-state index contributed by atoms with van der Waals surface area (Å²) >= 11 is 1.35. The Morgan fingerprint density at radius 3 is 2.58 bits per heavy atom. The molecule has 168 valence electrons. The van der Waals surface area contributed by atoms with Crippen LogP contribution in [0.15, 0.2) is 78.5 Å². The van der Waals surface area contributed by atoms with Gasteiger partial charge in [0.2, 0.25) is 5.91 Å². The first-order chi connectivity index (χ1) is 16.1. The Bertz CT molecular complexity index is 1270. The van der Waals surface area contributed by atoms with Crippen molar-refractivity contribution < 1.29 is 9.53 Å². The van der Waals surface area contributed by atoms with Crippen LogP contribution in [0.1, 0.15) is 17.0 Å². The molecule has 0 aliphatic carbocycles. The highest BCUT2D eigenvalue weighted by atomic mass is 32.2. The Labute approximate surface area is 197 Å². The summed E-state index contributed by atoms with van der Waals surface area (Å²) in [6.45, 7) is 8.61. The van der Waals surface area contributed by atoms with Crippen LogP contribution in [0, 0.1) is 13.8 Å². The highest BCUT2D eigenvalue weighted by Gasteiger charge is 2.15. The van der Waals surface area contributed by atoms with E-state index in [1.807, 2.05) is 66.9 Å². The summed E-state index contributed by atoms with van der Waals surface area (Å²) in [6.07, 6.45) is 1.78. The Hall–Kier alpha value is -3.58. The van der Waals surface area contributed by atoms with Crippen molar-refractivity contribution in [3.63, 3.8) is 0 Å². The molecule has 0 aliphatic heterocycles. The molecule has 0 saturated heterocycles. The second-order valence-corrected chi connectivity index (χ2v) is 8.61. The lowest BCUT2D eigenvalue weighted by molar-refractivity contribution is -0.113. The molecule has 3 aromatic carbocycles. The monoisotopic (exact) mass is 458 g/mol. The third-order valence-corrected chi connectivity index (χ3v) is 6.26. The van der Waals surface area contributed by atoms with Gasteiger partial charge in [-0.25, -0.2) is 0 Å². The fraction of sp³-hybridized carbons (Fsp3) is 0.192. The maximum atomic E-state index is 12.6. The highest BCUT2D eigenvalue weighted by molar-refractivity contribution is 7.99. The quantitative estimate of drug-likeness (QED) is 0.263. The average molecular weight is 459 g/mol. The summed E-state index contributed by atoms with van der Waals surface area (Å²) in [5, 5.41) is 14.4. The van der Waals surface area contributed by atoms with Crippen molar-refractivity contribution in [2.75, 3.05) is 11.1 Å². The Morgan fingerprint density at radius 2 is 1.79 bits per heavy atom. The lowest BCUT2D eigenvalue weighted by Crippen LogP contribution is -2.16. The van der Waals surface area contributed by atoms with Crippen molar-refractivity contribution in [1.29, 1.82) is 0 Å². The van der Waals surface area contributed by atoms with Gasteiger partial charge in [-0.15, -0.1) is 16.8 Å². The fourth-order valence-corrected chi connectivity index (χ4v) is 4.39. The van der Waals surface area contributed by atoms with Crippen LogP contribution >= 0.6 is 11.8 Å². The number of allylic oxidation sites excluding steroid dienone is 1. The van der Waals surface area contributed by atoms with Crippen molar-refractivity contribution in [2.24, 2.45) is 0 Å². The van der Waals surface area contributed by atoms with E-state index in [1.165, 1.54) is 11.8 Å². The molecule has 4 aromatic rings. The molecule has 0 spiro atoms. The first-order valence-electron chi connectivity index (χ1n) is 10.7. The largest absolute Gasteiger partial charge is 0.485 e. The average Bonchev–Trinajstić information content (AvgIpc) is 3.20. The number of hydrogen-bond donors (Lipinski definition) is 1.